The Morgan fingerprint density at radius 3 is 2.64 bits per heavy atom. The maximum Gasteiger partial charge on any atom is 0.358 e. The van der Waals surface area contributed by atoms with E-state index in [4.69, 9.17) is 9.84 Å². The van der Waals surface area contributed by atoms with E-state index in [1.54, 1.807) is 4.68 Å². The fourth-order valence-electron chi connectivity index (χ4n) is 2.28. The summed E-state index contributed by atoms with van der Waals surface area (Å²) in [7, 11) is 0. The van der Waals surface area contributed by atoms with Gasteiger partial charge in [0.15, 0.2) is 5.69 Å². The third-order valence-corrected chi connectivity index (χ3v) is 3.30. The molecule has 0 bridgehead atoms. The van der Waals surface area contributed by atoms with Crippen molar-refractivity contribution in [1.82, 2.24) is 15.0 Å². The molecule has 0 saturated heterocycles. The topological polar surface area (TPSA) is 77.2 Å². The Morgan fingerprint density at radius 1 is 1.27 bits per heavy atom. The molecule has 6 heteroatoms. The second kappa shape index (κ2) is 7.59. The normalized spacial score (nSPS) is 10.9. The number of carbonyl (C=O) groups is 1. The molecule has 2 rings (SSSR count). The molecular formula is C16H21N3O3. The first kappa shape index (κ1) is 16.0. The average molecular weight is 303 g/mol. The quantitative estimate of drug-likeness (QED) is 0.759. The van der Waals surface area contributed by atoms with Crippen LogP contribution in [-0.4, -0.2) is 32.7 Å². The number of unbranched alkanes of at least 4 members (excludes halogenated alkanes) is 1. The number of carboxylic acid groups (broad SMARTS) is 1. The van der Waals surface area contributed by atoms with Gasteiger partial charge in [0, 0.05) is 6.54 Å². The Hall–Kier alpha value is -2.37. The minimum absolute atomic E-state index is 0.0514. The molecule has 118 valence electrons. The number of nitrogens with zero attached hydrogens (tertiary/aromatic N) is 3. The summed E-state index contributed by atoms with van der Waals surface area (Å²) in [5.41, 5.74) is 0.729. The Bertz CT molecular complexity index is 608. The van der Waals surface area contributed by atoms with E-state index >= 15 is 0 Å². The molecule has 0 amide bonds. The van der Waals surface area contributed by atoms with Crippen molar-refractivity contribution < 1.29 is 14.6 Å². The van der Waals surface area contributed by atoms with Gasteiger partial charge >= 0.3 is 5.97 Å². The number of aryl methyl sites for hydroxylation is 1. The fourth-order valence-corrected chi connectivity index (χ4v) is 2.28. The van der Waals surface area contributed by atoms with Crippen molar-refractivity contribution in [2.45, 2.75) is 39.2 Å². The number of rotatable bonds is 8. The zero-order valence-corrected chi connectivity index (χ0v) is 12.9. The smallest absolute Gasteiger partial charge is 0.358 e. The average Bonchev–Trinajstić information content (AvgIpc) is 2.92. The first-order valence-electron chi connectivity index (χ1n) is 7.44. The van der Waals surface area contributed by atoms with Gasteiger partial charge in [-0.15, -0.1) is 5.10 Å². The van der Waals surface area contributed by atoms with E-state index in [-0.39, 0.29) is 11.6 Å². The predicted octanol–water partition coefficient (Wildman–Crippen LogP) is 2.96. The van der Waals surface area contributed by atoms with E-state index in [0.717, 1.165) is 18.6 Å². The number of para-hydroxylation sites is 1. The summed E-state index contributed by atoms with van der Waals surface area (Å²) in [6.45, 7) is 5.16. The molecule has 0 aliphatic carbocycles. The molecule has 0 unspecified atom stereocenters. The van der Waals surface area contributed by atoms with Crippen LogP contribution >= 0.6 is 0 Å². The van der Waals surface area contributed by atoms with E-state index < -0.39 is 5.97 Å². The second-order valence-electron chi connectivity index (χ2n) is 5.37. The van der Waals surface area contributed by atoms with Crippen LogP contribution in [-0.2, 0) is 6.54 Å². The first-order chi connectivity index (χ1) is 10.6. The van der Waals surface area contributed by atoms with Gasteiger partial charge in [0.25, 0.3) is 0 Å². The summed E-state index contributed by atoms with van der Waals surface area (Å²) in [4.78, 5) is 11.1. The van der Waals surface area contributed by atoms with Gasteiger partial charge in [-0.25, -0.2) is 9.48 Å². The third kappa shape index (κ3) is 4.07. The SMILES string of the molecule is CC(C)c1c(C(=O)O)nnn1CCCCOc1ccccc1. The maximum atomic E-state index is 11.1. The predicted molar refractivity (Wildman–Crippen MR) is 82.2 cm³/mol. The summed E-state index contributed by atoms with van der Waals surface area (Å²) in [5, 5.41) is 16.9. The van der Waals surface area contributed by atoms with Crippen molar-refractivity contribution in [2.75, 3.05) is 6.61 Å². The highest BCUT2D eigenvalue weighted by atomic mass is 16.5. The van der Waals surface area contributed by atoms with Gasteiger partial charge in [-0.2, -0.15) is 0 Å². The second-order valence-corrected chi connectivity index (χ2v) is 5.37. The molecule has 1 aromatic heterocycles. The van der Waals surface area contributed by atoms with E-state index in [1.807, 2.05) is 44.2 Å². The molecule has 0 atom stereocenters. The third-order valence-electron chi connectivity index (χ3n) is 3.30. The van der Waals surface area contributed by atoms with Crippen LogP contribution in [0.4, 0.5) is 0 Å². The summed E-state index contributed by atoms with van der Waals surface area (Å²) in [5.74, 6) is -0.0941. The van der Waals surface area contributed by atoms with Crippen molar-refractivity contribution in [1.29, 1.82) is 0 Å². The van der Waals surface area contributed by atoms with Crippen molar-refractivity contribution >= 4 is 5.97 Å². The number of ether oxygens (including phenoxy) is 1. The Labute approximate surface area is 129 Å². The number of benzene rings is 1. The minimum Gasteiger partial charge on any atom is -0.494 e. The Morgan fingerprint density at radius 2 is 2.00 bits per heavy atom. The van der Waals surface area contributed by atoms with Crippen molar-refractivity contribution in [2.24, 2.45) is 0 Å². The molecule has 0 saturated carbocycles. The molecule has 22 heavy (non-hydrogen) atoms. The zero-order valence-electron chi connectivity index (χ0n) is 12.9. The van der Waals surface area contributed by atoms with Gasteiger partial charge in [-0.05, 0) is 30.9 Å². The summed E-state index contributed by atoms with van der Waals surface area (Å²) < 4.78 is 7.32. The number of hydrogen-bond acceptors (Lipinski definition) is 4. The van der Waals surface area contributed by atoms with Crippen LogP contribution in [0.15, 0.2) is 30.3 Å². The number of hydrogen-bond donors (Lipinski definition) is 1. The summed E-state index contributed by atoms with van der Waals surface area (Å²) in [6, 6.07) is 9.67. The van der Waals surface area contributed by atoms with E-state index in [2.05, 4.69) is 10.3 Å². The molecule has 1 heterocycles. The maximum absolute atomic E-state index is 11.1. The van der Waals surface area contributed by atoms with Gasteiger partial charge in [0.2, 0.25) is 0 Å². The highest BCUT2D eigenvalue weighted by molar-refractivity contribution is 5.86. The van der Waals surface area contributed by atoms with Crippen LogP contribution in [0, 0.1) is 0 Å². The van der Waals surface area contributed by atoms with Crippen molar-refractivity contribution in [3.05, 3.63) is 41.7 Å². The van der Waals surface area contributed by atoms with Crippen LogP contribution in [0.1, 0.15) is 48.8 Å². The van der Waals surface area contributed by atoms with Crippen LogP contribution < -0.4 is 4.74 Å². The lowest BCUT2D eigenvalue weighted by Crippen LogP contribution is -2.11. The fraction of sp³-hybridized carbons (Fsp3) is 0.438. The minimum atomic E-state index is -1.03. The number of aromatic nitrogens is 3. The van der Waals surface area contributed by atoms with E-state index in [1.165, 1.54) is 0 Å². The highest BCUT2D eigenvalue weighted by Gasteiger charge is 2.20. The molecule has 6 nitrogen and oxygen atoms in total. The molecule has 1 N–H and O–H groups in total. The monoisotopic (exact) mass is 303 g/mol. The van der Waals surface area contributed by atoms with Crippen LogP contribution in [0.2, 0.25) is 0 Å². The number of aromatic carboxylic acids is 1. The standard InChI is InChI=1S/C16H21N3O3/c1-12(2)15-14(16(20)21)17-18-19(15)10-6-7-11-22-13-8-4-3-5-9-13/h3-5,8-9,12H,6-7,10-11H2,1-2H3,(H,20,21). The van der Waals surface area contributed by atoms with Crippen LogP contribution in [0.3, 0.4) is 0 Å². The first-order valence-corrected chi connectivity index (χ1v) is 7.44. The summed E-state index contributed by atoms with van der Waals surface area (Å²) in [6.07, 6.45) is 1.73. The van der Waals surface area contributed by atoms with Gasteiger partial charge in [0.1, 0.15) is 5.75 Å². The van der Waals surface area contributed by atoms with Crippen molar-refractivity contribution in [3.8, 4) is 5.75 Å². The van der Waals surface area contributed by atoms with Crippen molar-refractivity contribution in [3.63, 3.8) is 0 Å². The van der Waals surface area contributed by atoms with Gasteiger partial charge in [-0.1, -0.05) is 37.3 Å². The largest absolute Gasteiger partial charge is 0.494 e. The molecule has 0 aliphatic heterocycles. The van der Waals surface area contributed by atoms with E-state index in [0.29, 0.717) is 18.8 Å². The molecule has 1 aromatic carbocycles. The lowest BCUT2D eigenvalue weighted by molar-refractivity contribution is 0.0688. The Balaban J connectivity index is 1.83. The summed E-state index contributed by atoms with van der Waals surface area (Å²) >= 11 is 0. The van der Waals surface area contributed by atoms with Gasteiger partial charge in [0.05, 0.1) is 12.3 Å². The molecule has 0 radical (unpaired) electrons. The molecule has 0 aliphatic rings. The molecule has 0 spiro atoms. The van der Waals surface area contributed by atoms with Crippen LogP contribution in [0.5, 0.6) is 5.75 Å². The molecule has 2 aromatic rings. The van der Waals surface area contributed by atoms with E-state index in [9.17, 15) is 4.79 Å². The lowest BCUT2D eigenvalue weighted by atomic mass is 10.1. The van der Waals surface area contributed by atoms with Crippen LogP contribution in [0.25, 0.3) is 0 Å². The highest BCUT2D eigenvalue weighted by Crippen LogP contribution is 2.18. The van der Waals surface area contributed by atoms with Gasteiger partial charge < -0.3 is 9.84 Å². The lowest BCUT2D eigenvalue weighted by Gasteiger charge is -2.10. The Kier molecular flexibility index (Phi) is 5.52. The van der Waals surface area contributed by atoms with Gasteiger partial charge in [-0.3, -0.25) is 0 Å². The zero-order chi connectivity index (χ0) is 15.9. The molecular weight excluding hydrogens is 282 g/mol. The number of carboxylic acids is 1. The molecule has 0 fully saturated rings.